The molecule has 0 spiro atoms. The summed E-state index contributed by atoms with van der Waals surface area (Å²) in [6.07, 6.45) is 128. The molecule has 0 rings (SSSR count). The molecule has 0 aromatic carbocycles. The minimum atomic E-state index is -4.95. The van der Waals surface area contributed by atoms with E-state index in [0.29, 0.717) is 19.3 Å². The smallest absolute Gasteiger partial charge is 0.463 e. The van der Waals surface area contributed by atoms with E-state index >= 15 is 0 Å². The number of carbonyl (C=O) groups is 3. The van der Waals surface area contributed by atoms with Crippen LogP contribution in [0.25, 0.3) is 0 Å². The number of hydrogen-bond donors (Lipinski definition) is 4. The largest absolute Gasteiger partial charge is 0.472 e. The van der Waals surface area contributed by atoms with Gasteiger partial charge in [0.05, 0.1) is 26.4 Å². The molecule has 0 heterocycles. The summed E-state index contributed by atoms with van der Waals surface area (Å²) >= 11 is 0. The van der Waals surface area contributed by atoms with Crippen molar-refractivity contribution in [1.29, 1.82) is 0 Å². The number of phosphoric ester groups is 2. The Labute approximate surface area is 750 Å². The first-order valence-corrected chi connectivity index (χ1v) is 51.7. The lowest BCUT2D eigenvalue weighted by Gasteiger charge is -2.21. The average Bonchev–Trinajstić information content (AvgIpc) is 0.900. The van der Waals surface area contributed by atoms with Crippen molar-refractivity contribution in [2.24, 2.45) is 0 Å². The number of phosphoric acid groups is 2. The van der Waals surface area contributed by atoms with Gasteiger partial charge in [0.2, 0.25) is 0 Å². The maximum atomic E-state index is 13.1. The van der Waals surface area contributed by atoms with Crippen LogP contribution in [0.1, 0.15) is 393 Å². The molecule has 18 heteroatoms. The number of hydrogen-bond acceptors (Lipinski definition) is 14. The normalized spacial score (nSPS) is 14.6. The summed E-state index contributed by atoms with van der Waals surface area (Å²) in [5.41, 5.74) is 0. The van der Waals surface area contributed by atoms with E-state index in [4.69, 9.17) is 32.3 Å². The third-order valence-corrected chi connectivity index (χ3v) is 22.2. The molecule has 0 aromatic heterocycles. The first-order chi connectivity index (χ1) is 60.2. The number of carbonyl (C=O) groups excluding carboxylic acids is 3. The fourth-order valence-electron chi connectivity index (χ4n) is 13.0. The van der Waals surface area contributed by atoms with Gasteiger partial charge in [0.25, 0.3) is 0 Å². The number of unbranched alkanes of at least 4 members (excludes halogenated alkanes) is 36. The highest BCUT2D eigenvalue weighted by atomic mass is 31.2. The van der Waals surface area contributed by atoms with Crippen molar-refractivity contribution in [2.45, 2.75) is 411 Å². The molecule has 5 atom stereocenters. The molecule has 0 fully saturated rings. The predicted octanol–water partition coefficient (Wildman–Crippen LogP) is 30.6. The lowest BCUT2D eigenvalue weighted by molar-refractivity contribution is -0.161. The highest BCUT2D eigenvalue weighted by molar-refractivity contribution is 7.47. The van der Waals surface area contributed by atoms with Gasteiger partial charge in [-0.2, -0.15) is 0 Å². The summed E-state index contributed by atoms with van der Waals surface area (Å²) in [6, 6.07) is 0. The molecule has 0 saturated carbocycles. The van der Waals surface area contributed by atoms with Crippen molar-refractivity contribution in [2.75, 3.05) is 39.6 Å². The standard InChI is InChI=1S/C105H176O16P2/c1-4-7-10-13-16-19-22-25-28-31-34-37-39-41-43-45-47-49-51-53-55-57-59-62-64-67-70-73-76-79-82-85-88-91-103(108)115-94-100(106)95-117-122(111,112)118-96-101(107)97-119-123(113,114)120-99-102(121-105(110)93-90-87-84-81-78-75-72-69-66-61-36-33-30-27-24-21-18-15-12-9-6-3)98-116-104(109)92-89-86-83-80-77-74-71-68-65-63-60-58-56-54-52-50-48-46-44-42-40-38-35-32-29-26-23-20-17-14-11-8-5-2/h7-12,16-21,25-30,34-38,41-44,47,49,61,69,72,100-102,106-107H,4-6,13-15,22-24,31-33,39-40,45-46,48,50-60,62-68,70-71,73-99H2,1-3H3,(H,111,112)(H,113,114)/b10-7-,11-8-,12-9-,19-16-,20-17-,21-18-,28-25-,29-26-,30-27-,37-34-,38-35-,43-41-,44-42-,49-47-,61-36-,72-69-. The van der Waals surface area contributed by atoms with E-state index in [9.17, 15) is 43.5 Å². The lowest BCUT2D eigenvalue weighted by atomic mass is 10.0. The molecule has 0 radical (unpaired) electrons. The Kier molecular flexibility index (Phi) is 91.1. The molecule has 0 aliphatic carbocycles. The minimum absolute atomic E-state index is 0.0785. The Hall–Kier alpha value is -5.61. The lowest BCUT2D eigenvalue weighted by Crippen LogP contribution is -2.30. The molecule has 0 aromatic rings. The third-order valence-electron chi connectivity index (χ3n) is 20.3. The predicted molar refractivity (Wildman–Crippen MR) is 518 cm³/mol. The van der Waals surface area contributed by atoms with Crippen LogP contribution in [0.4, 0.5) is 0 Å². The van der Waals surface area contributed by atoms with Gasteiger partial charge in [-0.25, -0.2) is 9.13 Å². The van der Waals surface area contributed by atoms with Crippen molar-refractivity contribution in [3.63, 3.8) is 0 Å². The molecule has 5 unspecified atom stereocenters. The van der Waals surface area contributed by atoms with E-state index in [2.05, 4.69) is 215 Å². The van der Waals surface area contributed by atoms with Crippen LogP contribution < -0.4 is 0 Å². The minimum Gasteiger partial charge on any atom is -0.463 e. The van der Waals surface area contributed by atoms with E-state index in [1.54, 1.807) is 0 Å². The van der Waals surface area contributed by atoms with Crippen LogP contribution in [0.3, 0.4) is 0 Å². The monoisotopic (exact) mass is 1760 g/mol. The molecule has 0 bridgehead atoms. The molecule has 0 aliphatic heterocycles. The maximum Gasteiger partial charge on any atom is 0.472 e. The summed E-state index contributed by atoms with van der Waals surface area (Å²) < 4.78 is 61.6. The maximum absolute atomic E-state index is 13.1. The Balaban J connectivity index is 4.57. The summed E-state index contributed by atoms with van der Waals surface area (Å²) in [6.45, 7) is 2.36. The molecule has 123 heavy (non-hydrogen) atoms. The number of esters is 3. The summed E-state index contributed by atoms with van der Waals surface area (Å²) in [7, 11) is -9.82. The molecular formula is C105H176O16P2. The number of aliphatic hydroxyl groups is 2. The van der Waals surface area contributed by atoms with Crippen LogP contribution in [-0.4, -0.2) is 95.9 Å². The molecule has 16 nitrogen and oxygen atoms in total. The number of allylic oxidation sites excluding steroid dienone is 32. The fourth-order valence-corrected chi connectivity index (χ4v) is 14.6. The zero-order valence-electron chi connectivity index (χ0n) is 77.5. The molecular weight excluding hydrogens is 1580 g/mol. The van der Waals surface area contributed by atoms with Crippen LogP contribution in [-0.2, 0) is 55.8 Å². The Morgan fingerprint density at radius 1 is 0.228 bits per heavy atom. The van der Waals surface area contributed by atoms with Gasteiger partial charge in [-0.05, 0) is 161 Å². The molecule has 4 N–H and O–H groups in total. The first-order valence-electron chi connectivity index (χ1n) is 48.7. The highest BCUT2D eigenvalue weighted by Gasteiger charge is 2.30. The molecule has 0 amide bonds. The van der Waals surface area contributed by atoms with Gasteiger partial charge in [0.15, 0.2) is 6.10 Å². The number of ether oxygens (including phenoxy) is 3. The summed E-state index contributed by atoms with van der Waals surface area (Å²) in [4.78, 5) is 59.1. The van der Waals surface area contributed by atoms with Crippen molar-refractivity contribution in [3.05, 3.63) is 194 Å². The van der Waals surface area contributed by atoms with Gasteiger partial charge in [0, 0.05) is 19.3 Å². The summed E-state index contributed by atoms with van der Waals surface area (Å²) in [5.74, 6) is -1.59. The van der Waals surface area contributed by atoms with Gasteiger partial charge >= 0.3 is 33.6 Å². The number of aliphatic hydroxyl groups excluding tert-OH is 2. The Morgan fingerprint density at radius 2 is 0.407 bits per heavy atom. The van der Waals surface area contributed by atoms with Crippen LogP contribution in [0.2, 0.25) is 0 Å². The van der Waals surface area contributed by atoms with E-state index in [1.807, 2.05) is 0 Å². The van der Waals surface area contributed by atoms with E-state index in [0.717, 1.165) is 180 Å². The van der Waals surface area contributed by atoms with Crippen LogP contribution >= 0.6 is 15.6 Å². The van der Waals surface area contributed by atoms with E-state index in [-0.39, 0.29) is 19.3 Å². The van der Waals surface area contributed by atoms with Gasteiger partial charge in [-0.1, -0.05) is 408 Å². The van der Waals surface area contributed by atoms with Crippen molar-refractivity contribution in [3.8, 4) is 0 Å². The SMILES string of the molecule is CC/C=C\C/C=C\C/C=C\C/C=C\C/C=C\C/C=C\CCCCCCCCCCCCCCCCC(=O)OCC(O)COP(=O)(O)OCC(O)COP(=O)(O)OCC(COC(=O)CCCCCCCCCCCCCCCCCCC/C=C\C/C=C\C/C=C\C/C=C\C/C=C\CC)OC(=O)CCCCCCC/C=C\C/C=C\C/C=C\C/C=C\C/C=C\CC. The van der Waals surface area contributed by atoms with Crippen molar-refractivity contribution < 1.29 is 75.8 Å². The first kappa shape index (κ1) is 117. The van der Waals surface area contributed by atoms with E-state index in [1.165, 1.54) is 154 Å². The number of rotatable bonds is 91. The van der Waals surface area contributed by atoms with Crippen molar-refractivity contribution >= 4 is 33.6 Å². The average molecular weight is 1760 g/mol. The second-order valence-electron chi connectivity index (χ2n) is 32.1. The fraction of sp³-hybridized carbons (Fsp3) is 0.667. The third kappa shape index (κ3) is 96.9. The summed E-state index contributed by atoms with van der Waals surface area (Å²) in [5, 5.41) is 20.8. The molecule has 702 valence electrons. The topological polar surface area (TPSA) is 231 Å². The van der Waals surface area contributed by atoms with Gasteiger partial charge in [0.1, 0.15) is 25.4 Å². The Bertz CT molecular complexity index is 3020. The van der Waals surface area contributed by atoms with Gasteiger partial charge in [-0.3, -0.25) is 32.5 Å². The van der Waals surface area contributed by atoms with Gasteiger partial charge < -0.3 is 34.2 Å². The zero-order chi connectivity index (χ0) is 89.3. The second-order valence-corrected chi connectivity index (χ2v) is 35.0. The zero-order valence-corrected chi connectivity index (χ0v) is 79.3. The molecule has 0 aliphatic rings. The van der Waals surface area contributed by atoms with Crippen LogP contribution in [0.5, 0.6) is 0 Å². The quantitative estimate of drug-likeness (QED) is 0.0146. The van der Waals surface area contributed by atoms with Crippen LogP contribution in [0, 0.1) is 0 Å². The van der Waals surface area contributed by atoms with E-state index < -0.39 is 91.5 Å². The second kappa shape index (κ2) is 95.5. The van der Waals surface area contributed by atoms with Crippen LogP contribution in [0.15, 0.2) is 194 Å². The van der Waals surface area contributed by atoms with Crippen molar-refractivity contribution in [1.82, 2.24) is 0 Å². The van der Waals surface area contributed by atoms with Gasteiger partial charge in [-0.15, -0.1) is 0 Å². The Morgan fingerprint density at radius 3 is 0.642 bits per heavy atom. The highest BCUT2D eigenvalue weighted by Crippen LogP contribution is 2.45. The molecule has 0 saturated heterocycles.